The van der Waals surface area contributed by atoms with E-state index in [1.165, 1.54) is 12.8 Å². The Kier molecular flexibility index (Phi) is 4.10. The van der Waals surface area contributed by atoms with E-state index >= 15 is 0 Å². The third-order valence-electron chi connectivity index (χ3n) is 5.31. The molecule has 1 saturated heterocycles. The average Bonchev–Trinajstić information content (AvgIpc) is 3.20. The van der Waals surface area contributed by atoms with Crippen LogP contribution in [0, 0.1) is 18.3 Å². The molecule has 1 aliphatic carbocycles. The molecule has 1 aromatic heterocycles. The Bertz CT molecular complexity index is 536. The van der Waals surface area contributed by atoms with Crippen LogP contribution in [0.4, 0.5) is 4.79 Å². The maximum Gasteiger partial charge on any atom is 0.317 e. The van der Waals surface area contributed by atoms with Crippen LogP contribution in [0.3, 0.4) is 0 Å². The van der Waals surface area contributed by atoms with Crippen molar-refractivity contribution >= 4 is 6.03 Å². The second-order valence-corrected chi connectivity index (χ2v) is 7.14. The molecule has 2 fully saturated rings. The monoisotopic (exact) mass is 306 g/mol. The number of nitrogens with zero attached hydrogens (tertiary/aromatic N) is 3. The Morgan fingerprint density at radius 1 is 1.50 bits per heavy atom. The van der Waals surface area contributed by atoms with Gasteiger partial charge < -0.3 is 14.7 Å². The first kappa shape index (κ1) is 15.3. The van der Waals surface area contributed by atoms with Gasteiger partial charge in [-0.25, -0.2) is 4.79 Å². The van der Waals surface area contributed by atoms with Crippen LogP contribution < -0.4 is 5.32 Å². The minimum Gasteiger partial charge on any atom is -0.339 e. The van der Waals surface area contributed by atoms with Crippen molar-refractivity contribution in [2.45, 2.75) is 52.4 Å². The summed E-state index contributed by atoms with van der Waals surface area (Å²) in [5, 5.41) is 6.99. The number of urea groups is 1. The van der Waals surface area contributed by atoms with Crippen molar-refractivity contribution in [3.05, 3.63) is 11.7 Å². The lowest BCUT2D eigenvalue weighted by Crippen LogP contribution is -2.46. The van der Waals surface area contributed by atoms with Gasteiger partial charge in [-0.3, -0.25) is 0 Å². The zero-order chi connectivity index (χ0) is 15.7. The smallest absolute Gasteiger partial charge is 0.317 e. The summed E-state index contributed by atoms with van der Waals surface area (Å²) < 4.78 is 5.27. The molecule has 2 aliphatic rings. The van der Waals surface area contributed by atoms with Gasteiger partial charge in [-0.15, -0.1) is 0 Å². The van der Waals surface area contributed by atoms with Crippen LogP contribution in [0.2, 0.25) is 0 Å². The predicted octanol–water partition coefficient (Wildman–Crippen LogP) is 2.70. The number of nitrogens with one attached hydrogen (secondary N) is 1. The second kappa shape index (κ2) is 5.89. The van der Waals surface area contributed by atoms with Crippen molar-refractivity contribution in [2.75, 3.05) is 19.6 Å². The fraction of sp³-hybridized carbons (Fsp3) is 0.812. The number of rotatable bonds is 4. The van der Waals surface area contributed by atoms with Crippen molar-refractivity contribution in [1.29, 1.82) is 0 Å². The fourth-order valence-corrected chi connectivity index (χ4v) is 3.32. The number of aromatic nitrogens is 2. The van der Waals surface area contributed by atoms with Gasteiger partial charge in [0, 0.05) is 19.6 Å². The number of hydrogen-bond donors (Lipinski definition) is 1. The third kappa shape index (κ3) is 3.10. The average molecular weight is 306 g/mol. The molecule has 2 heterocycles. The zero-order valence-corrected chi connectivity index (χ0v) is 13.8. The van der Waals surface area contributed by atoms with Crippen molar-refractivity contribution in [3.8, 4) is 0 Å². The Morgan fingerprint density at radius 3 is 2.86 bits per heavy atom. The normalized spacial score (nSPS) is 23.6. The highest BCUT2D eigenvalue weighted by Crippen LogP contribution is 2.51. The SMILES string of the molecule is Cc1noc(C2CCCN(C(=O)NCC3(C(C)C)CC3)C2)n1. The predicted molar refractivity (Wildman–Crippen MR) is 82.5 cm³/mol. The summed E-state index contributed by atoms with van der Waals surface area (Å²) in [7, 11) is 0. The summed E-state index contributed by atoms with van der Waals surface area (Å²) in [4.78, 5) is 18.6. The number of piperidine rings is 1. The third-order valence-corrected chi connectivity index (χ3v) is 5.31. The molecular weight excluding hydrogens is 280 g/mol. The van der Waals surface area contributed by atoms with Crippen LogP contribution >= 0.6 is 0 Å². The minimum absolute atomic E-state index is 0.0489. The van der Waals surface area contributed by atoms with Gasteiger partial charge in [0.05, 0.1) is 5.92 Å². The van der Waals surface area contributed by atoms with Gasteiger partial charge in [-0.1, -0.05) is 19.0 Å². The van der Waals surface area contributed by atoms with E-state index in [1.807, 2.05) is 11.8 Å². The summed E-state index contributed by atoms with van der Waals surface area (Å²) in [5.41, 5.74) is 0.342. The van der Waals surface area contributed by atoms with Gasteiger partial charge in [-0.2, -0.15) is 4.98 Å². The first-order valence-electron chi connectivity index (χ1n) is 8.33. The maximum atomic E-state index is 12.4. The van der Waals surface area contributed by atoms with Gasteiger partial charge in [0.25, 0.3) is 0 Å². The lowest BCUT2D eigenvalue weighted by molar-refractivity contribution is 0.168. The number of carbonyl (C=O) groups is 1. The van der Waals surface area contributed by atoms with E-state index in [-0.39, 0.29) is 11.9 Å². The zero-order valence-electron chi connectivity index (χ0n) is 13.8. The highest BCUT2D eigenvalue weighted by Gasteiger charge is 2.45. The Morgan fingerprint density at radius 2 is 2.27 bits per heavy atom. The number of carbonyl (C=O) groups excluding carboxylic acids is 1. The molecule has 3 rings (SSSR count). The lowest BCUT2D eigenvalue weighted by atomic mass is 9.92. The van der Waals surface area contributed by atoms with Crippen LogP contribution in [-0.2, 0) is 0 Å². The molecule has 0 aromatic carbocycles. The topological polar surface area (TPSA) is 71.3 Å². The standard InChI is InChI=1S/C16H26N4O2/c1-11(2)16(6-7-16)10-17-15(21)20-8-4-5-13(9-20)14-18-12(3)19-22-14/h11,13H,4-10H2,1-3H3,(H,17,21). The maximum absolute atomic E-state index is 12.4. The molecule has 1 aliphatic heterocycles. The summed E-state index contributed by atoms with van der Waals surface area (Å²) in [6.45, 7) is 8.58. The van der Waals surface area contributed by atoms with Crippen molar-refractivity contribution in [2.24, 2.45) is 11.3 Å². The van der Waals surface area contributed by atoms with E-state index in [4.69, 9.17) is 4.52 Å². The van der Waals surface area contributed by atoms with Crippen molar-refractivity contribution in [3.63, 3.8) is 0 Å². The molecular formula is C16H26N4O2. The lowest BCUT2D eigenvalue weighted by Gasteiger charge is -2.32. The molecule has 22 heavy (non-hydrogen) atoms. The molecule has 2 amide bonds. The summed E-state index contributed by atoms with van der Waals surface area (Å²) in [5.74, 6) is 2.11. The molecule has 122 valence electrons. The van der Waals surface area contributed by atoms with Gasteiger partial charge in [-0.05, 0) is 43.9 Å². The largest absolute Gasteiger partial charge is 0.339 e. The van der Waals surface area contributed by atoms with Gasteiger partial charge in [0.15, 0.2) is 5.82 Å². The summed E-state index contributed by atoms with van der Waals surface area (Å²) >= 11 is 0. The second-order valence-electron chi connectivity index (χ2n) is 7.14. The first-order valence-corrected chi connectivity index (χ1v) is 8.33. The molecule has 6 heteroatoms. The van der Waals surface area contributed by atoms with Gasteiger partial charge in [0.1, 0.15) is 0 Å². The molecule has 1 N–H and O–H groups in total. The molecule has 0 radical (unpaired) electrons. The number of aryl methyl sites for hydroxylation is 1. The Hall–Kier alpha value is -1.59. The van der Waals surface area contributed by atoms with E-state index in [0.29, 0.717) is 29.6 Å². The fourth-order valence-electron chi connectivity index (χ4n) is 3.32. The van der Waals surface area contributed by atoms with Crippen LogP contribution in [0.1, 0.15) is 57.2 Å². The van der Waals surface area contributed by atoms with E-state index in [9.17, 15) is 4.79 Å². The molecule has 1 atom stereocenters. The Labute approximate surface area is 131 Å². The van der Waals surface area contributed by atoms with Crippen LogP contribution in [0.15, 0.2) is 4.52 Å². The number of likely N-dealkylation sites (tertiary alicyclic amines) is 1. The van der Waals surface area contributed by atoms with E-state index in [2.05, 4.69) is 29.3 Å². The van der Waals surface area contributed by atoms with E-state index in [0.717, 1.165) is 25.9 Å². The Balaban J connectivity index is 1.54. The van der Waals surface area contributed by atoms with Crippen LogP contribution in [0.5, 0.6) is 0 Å². The summed E-state index contributed by atoms with van der Waals surface area (Å²) in [6, 6.07) is 0.0489. The highest BCUT2D eigenvalue weighted by molar-refractivity contribution is 5.74. The number of hydrogen-bond acceptors (Lipinski definition) is 4. The summed E-state index contributed by atoms with van der Waals surface area (Å²) in [6.07, 6.45) is 4.44. The molecule has 0 spiro atoms. The molecule has 0 bridgehead atoms. The van der Waals surface area contributed by atoms with E-state index < -0.39 is 0 Å². The molecule has 6 nitrogen and oxygen atoms in total. The molecule has 1 saturated carbocycles. The van der Waals surface area contributed by atoms with E-state index in [1.54, 1.807) is 0 Å². The minimum atomic E-state index is 0.0489. The van der Waals surface area contributed by atoms with Crippen LogP contribution in [0.25, 0.3) is 0 Å². The molecule has 1 aromatic rings. The molecule has 1 unspecified atom stereocenters. The highest BCUT2D eigenvalue weighted by atomic mass is 16.5. The van der Waals surface area contributed by atoms with Gasteiger partial charge in [0.2, 0.25) is 5.89 Å². The van der Waals surface area contributed by atoms with Gasteiger partial charge >= 0.3 is 6.03 Å². The van der Waals surface area contributed by atoms with Crippen LogP contribution in [-0.4, -0.2) is 40.7 Å². The van der Waals surface area contributed by atoms with Crippen molar-refractivity contribution < 1.29 is 9.32 Å². The first-order chi connectivity index (χ1) is 10.5. The number of amides is 2. The quantitative estimate of drug-likeness (QED) is 0.928. The van der Waals surface area contributed by atoms with Crippen molar-refractivity contribution in [1.82, 2.24) is 20.4 Å².